The molecule has 1 unspecified atom stereocenters. The van der Waals surface area contributed by atoms with Crippen LogP contribution in [0.1, 0.15) is 38.1 Å². The number of fused-ring (bicyclic) bond motifs is 1. The highest BCUT2D eigenvalue weighted by atomic mass is 35.5. The van der Waals surface area contributed by atoms with Crippen LogP contribution in [0.2, 0.25) is 5.02 Å². The Kier molecular flexibility index (Phi) is 6.77. The van der Waals surface area contributed by atoms with Gasteiger partial charge in [-0.3, -0.25) is 4.79 Å². The van der Waals surface area contributed by atoms with Crippen molar-refractivity contribution in [3.63, 3.8) is 0 Å². The van der Waals surface area contributed by atoms with Gasteiger partial charge in [-0.1, -0.05) is 23.7 Å². The summed E-state index contributed by atoms with van der Waals surface area (Å²) >= 11 is 6.09. The lowest BCUT2D eigenvalue weighted by Crippen LogP contribution is -2.33. The van der Waals surface area contributed by atoms with Gasteiger partial charge in [-0.05, 0) is 62.7 Å². The number of rotatable bonds is 6. The van der Waals surface area contributed by atoms with Crippen molar-refractivity contribution in [2.24, 2.45) is 7.05 Å². The monoisotopic (exact) mass is 514 g/mol. The molecule has 0 radical (unpaired) electrons. The number of nitrogens with zero attached hydrogens (tertiary/aromatic N) is 2. The number of halogens is 3. The fraction of sp³-hybridized carbons (Fsp3) is 0.259. The number of hydrogen-bond acceptors (Lipinski definition) is 3. The zero-order valence-corrected chi connectivity index (χ0v) is 20.9. The van der Waals surface area contributed by atoms with E-state index < -0.39 is 34.9 Å². The van der Waals surface area contributed by atoms with Gasteiger partial charge >= 0.3 is 5.97 Å². The first kappa shape index (κ1) is 25.6. The van der Waals surface area contributed by atoms with E-state index in [9.17, 15) is 23.5 Å². The lowest BCUT2D eigenvalue weighted by Gasteiger charge is -2.28. The molecule has 2 aromatic carbocycles. The molecule has 2 heterocycles. The highest BCUT2D eigenvalue weighted by Crippen LogP contribution is 2.37. The zero-order chi connectivity index (χ0) is 26.4. The van der Waals surface area contributed by atoms with Gasteiger partial charge in [0.05, 0.1) is 17.8 Å². The van der Waals surface area contributed by atoms with E-state index in [2.05, 4.69) is 0 Å². The van der Waals surface area contributed by atoms with Crippen molar-refractivity contribution in [1.82, 2.24) is 9.13 Å². The molecule has 9 heteroatoms. The van der Waals surface area contributed by atoms with Gasteiger partial charge in [-0.25, -0.2) is 13.6 Å². The standard InChI is InChI=1S/C27H25ClF2N2O4/c1-27(2,3)36-24(26(34)35)23-21(15-5-7-17(28)8-6-15)19-11-12-32(22(19)25(33)31(23)4)14-16-13-18(29)9-10-20(16)30/h5-13,24H,14H2,1-4H3,(H,34,35). The smallest absolute Gasteiger partial charge is 0.339 e. The number of carbonyl (C=O) groups is 1. The van der Waals surface area contributed by atoms with Crippen molar-refractivity contribution in [3.05, 3.63) is 93.0 Å². The van der Waals surface area contributed by atoms with Crippen LogP contribution in [0.3, 0.4) is 0 Å². The van der Waals surface area contributed by atoms with Gasteiger partial charge in [-0.2, -0.15) is 0 Å². The van der Waals surface area contributed by atoms with Gasteiger partial charge in [-0.15, -0.1) is 0 Å². The average Bonchev–Trinajstić information content (AvgIpc) is 3.20. The van der Waals surface area contributed by atoms with Crippen LogP contribution in [0.25, 0.3) is 22.0 Å². The second kappa shape index (κ2) is 9.52. The van der Waals surface area contributed by atoms with Gasteiger partial charge in [0, 0.05) is 34.8 Å². The molecule has 4 aromatic rings. The maximum absolute atomic E-state index is 14.4. The van der Waals surface area contributed by atoms with Gasteiger partial charge in [0.1, 0.15) is 17.2 Å². The summed E-state index contributed by atoms with van der Waals surface area (Å²) in [6.45, 7) is 5.09. The molecule has 0 fully saturated rings. The Balaban J connectivity index is 2.04. The van der Waals surface area contributed by atoms with Gasteiger partial charge in [0.15, 0.2) is 6.10 Å². The summed E-state index contributed by atoms with van der Waals surface area (Å²) in [7, 11) is 1.47. The second-order valence-electron chi connectivity index (χ2n) is 9.52. The predicted molar refractivity (Wildman–Crippen MR) is 134 cm³/mol. The number of hydrogen-bond donors (Lipinski definition) is 1. The van der Waals surface area contributed by atoms with E-state index in [0.717, 1.165) is 18.2 Å². The molecule has 0 saturated carbocycles. The molecule has 0 saturated heterocycles. The number of ether oxygens (including phenoxy) is 1. The van der Waals surface area contributed by atoms with Crippen LogP contribution < -0.4 is 5.56 Å². The Morgan fingerprint density at radius 3 is 2.39 bits per heavy atom. The lowest BCUT2D eigenvalue weighted by molar-refractivity contribution is -0.161. The van der Waals surface area contributed by atoms with Crippen LogP contribution in [0.4, 0.5) is 8.78 Å². The maximum Gasteiger partial charge on any atom is 0.339 e. The molecule has 2 aromatic heterocycles. The van der Waals surface area contributed by atoms with Crippen LogP contribution in [0, 0.1) is 11.6 Å². The number of aliphatic carboxylic acids is 1. The average molecular weight is 515 g/mol. The number of carboxylic acids is 1. The molecule has 0 aliphatic heterocycles. The van der Waals surface area contributed by atoms with Crippen LogP contribution in [0.15, 0.2) is 59.5 Å². The third-order valence-corrected chi connectivity index (χ3v) is 6.03. The van der Waals surface area contributed by atoms with E-state index in [4.69, 9.17) is 16.3 Å². The summed E-state index contributed by atoms with van der Waals surface area (Å²) in [6.07, 6.45) is 0.141. The molecule has 1 atom stereocenters. The van der Waals surface area contributed by atoms with Crippen molar-refractivity contribution < 1.29 is 23.4 Å². The highest BCUT2D eigenvalue weighted by molar-refractivity contribution is 6.30. The third-order valence-electron chi connectivity index (χ3n) is 5.78. The lowest BCUT2D eigenvalue weighted by atomic mass is 9.96. The molecule has 0 amide bonds. The van der Waals surface area contributed by atoms with Crippen LogP contribution >= 0.6 is 11.6 Å². The van der Waals surface area contributed by atoms with Crippen molar-refractivity contribution in [2.75, 3.05) is 0 Å². The highest BCUT2D eigenvalue weighted by Gasteiger charge is 2.33. The molecule has 0 aliphatic rings. The molecular weight excluding hydrogens is 490 g/mol. The summed E-state index contributed by atoms with van der Waals surface area (Å²) in [5.41, 5.74) is 0.218. The molecule has 188 valence electrons. The third kappa shape index (κ3) is 4.92. The molecular formula is C27H25ClF2N2O4. The molecule has 36 heavy (non-hydrogen) atoms. The number of carboxylic acid groups (broad SMARTS) is 1. The Morgan fingerprint density at radius 2 is 1.78 bits per heavy atom. The van der Waals surface area contributed by atoms with Crippen LogP contribution in [0.5, 0.6) is 0 Å². The molecule has 1 N–H and O–H groups in total. The summed E-state index contributed by atoms with van der Waals surface area (Å²) in [6, 6.07) is 11.6. The largest absolute Gasteiger partial charge is 0.479 e. The van der Waals surface area contributed by atoms with E-state index in [1.807, 2.05) is 0 Å². The van der Waals surface area contributed by atoms with Crippen LogP contribution in [-0.4, -0.2) is 25.8 Å². The number of benzene rings is 2. The first-order chi connectivity index (χ1) is 16.9. The Hall–Kier alpha value is -3.49. The fourth-order valence-corrected chi connectivity index (χ4v) is 4.40. The number of aromatic nitrogens is 2. The SMILES string of the molecule is Cn1c(C(OC(C)(C)C)C(=O)O)c(-c2ccc(Cl)cc2)c2ccn(Cc3cc(F)ccc3F)c2c1=O. The Bertz CT molecular complexity index is 1520. The van der Waals surface area contributed by atoms with Gasteiger partial charge < -0.3 is 19.0 Å². The number of pyridine rings is 1. The molecule has 0 spiro atoms. The predicted octanol–water partition coefficient (Wildman–Crippen LogP) is 5.93. The molecule has 0 bridgehead atoms. The molecule has 6 nitrogen and oxygen atoms in total. The quantitative estimate of drug-likeness (QED) is 0.346. The first-order valence-corrected chi connectivity index (χ1v) is 11.6. The first-order valence-electron chi connectivity index (χ1n) is 11.2. The van der Waals surface area contributed by atoms with Crippen molar-refractivity contribution in [2.45, 2.75) is 39.0 Å². The van der Waals surface area contributed by atoms with E-state index in [1.54, 1.807) is 57.3 Å². The van der Waals surface area contributed by atoms with E-state index in [1.165, 1.54) is 16.2 Å². The van der Waals surface area contributed by atoms with Crippen LogP contribution in [-0.2, 0) is 23.1 Å². The summed E-state index contributed by atoms with van der Waals surface area (Å²) in [5, 5.41) is 11.0. The van der Waals surface area contributed by atoms with Crippen molar-refractivity contribution >= 4 is 28.5 Å². The second-order valence-corrected chi connectivity index (χ2v) is 9.96. The molecule has 4 rings (SSSR count). The minimum atomic E-state index is -1.46. The van der Waals surface area contributed by atoms with Crippen molar-refractivity contribution in [3.8, 4) is 11.1 Å². The van der Waals surface area contributed by atoms with Gasteiger partial charge in [0.25, 0.3) is 5.56 Å². The summed E-state index contributed by atoms with van der Waals surface area (Å²) in [5.74, 6) is -2.45. The minimum Gasteiger partial charge on any atom is -0.479 e. The summed E-state index contributed by atoms with van der Waals surface area (Å²) < 4.78 is 36.8. The fourth-order valence-electron chi connectivity index (χ4n) is 4.27. The van der Waals surface area contributed by atoms with E-state index in [-0.39, 0.29) is 23.3 Å². The summed E-state index contributed by atoms with van der Waals surface area (Å²) in [4.78, 5) is 26.0. The zero-order valence-electron chi connectivity index (χ0n) is 20.2. The minimum absolute atomic E-state index is 0.0751. The Labute approximate surface area is 211 Å². The Morgan fingerprint density at radius 1 is 1.11 bits per heavy atom. The molecule has 0 aliphatic carbocycles. The topological polar surface area (TPSA) is 73.5 Å². The van der Waals surface area contributed by atoms with E-state index >= 15 is 0 Å². The normalized spacial score (nSPS) is 12.8. The van der Waals surface area contributed by atoms with E-state index in [0.29, 0.717) is 21.5 Å². The van der Waals surface area contributed by atoms with Gasteiger partial charge in [0.2, 0.25) is 0 Å². The maximum atomic E-state index is 14.4. The van der Waals surface area contributed by atoms with Crippen molar-refractivity contribution in [1.29, 1.82) is 0 Å².